The zero-order chi connectivity index (χ0) is 13.1. The van der Waals surface area contributed by atoms with Crippen LogP contribution in [0.15, 0.2) is 12.2 Å². The van der Waals surface area contributed by atoms with E-state index in [0.717, 1.165) is 6.42 Å². The number of hydrogen-bond donors (Lipinski definition) is 1. The molecule has 0 aromatic heterocycles. The van der Waals surface area contributed by atoms with Gasteiger partial charge in [-0.2, -0.15) is 0 Å². The van der Waals surface area contributed by atoms with Gasteiger partial charge in [0.2, 0.25) is 0 Å². The van der Waals surface area contributed by atoms with Gasteiger partial charge >= 0.3 is 11.9 Å². The zero-order valence-corrected chi connectivity index (χ0v) is 10.2. The van der Waals surface area contributed by atoms with E-state index in [1.54, 1.807) is 6.92 Å². The summed E-state index contributed by atoms with van der Waals surface area (Å²) in [6.07, 6.45) is 2.53. The highest BCUT2D eigenvalue weighted by atomic mass is 16.6. The second-order valence-electron chi connectivity index (χ2n) is 3.67. The molecule has 0 aliphatic heterocycles. The lowest BCUT2D eigenvalue weighted by atomic mass is 10.2. The molecule has 0 aliphatic carbocycles. The quantitative estimate of drug-likeness (QED) is 0.375. The Kier molecular flexibility index (Phi) is 9.05. The monoisotopic (exact) mass is 244 g/mol. The summed E-state index contributed by atoms with van der Waals surface area (Å²) in [5.74, 6) is -0.793. The second kappa shape index (κ2) is 9.84. The molecule has 0 atom stereocenters. The lowest BCUT2D eigenvalue weighted by Gasteiger charge is -2.06. The van der Waals surface area contributed by atoms with Crippen LogP contribution in [0.5, 0.6) is 0 Å². The molecule has 0 aliphatic rings. The van der Waals surface area contributed by atoms with Crippen molar-refractivity contribution in [3.05, 3.63) is 12.2 Å². The van der Waals surface area contributed by atoms with E-state index in [9.17, 15) is 9.59 Å². The number of esters is 2. The van der Waals surface area contributed by atoms with Crippen LogP contribution in [0, 0.1) is 0 Å². The normalized spacial score (nSPS) is 9.76. The van der Waals surface area contributed by atoms with Crippen LogP contribution in [0.4, 0.5) is 0 Å². The fourth-order valence-corrected chi connectivity index (χ4v) is 1.04. The van der Waals surface area contributed by atoms with E-state index in [4.69, 9.17) is 14.6 Å². The van der Waals surface area contributed by atoms with E-state index in [-0.39, 0.29) is 25.8 Å². The smallest absolute Gasteiger partial charge is 0.333 e. The highest BCUT2D eigenvalue weighted by Crippen LogP contribution is 2.00. The molecule has 98 valence electrons. The molecule has 0 aromatic carbocycles. The Bertz CT molecular complexity index is 260. The number of ether oxygens (including phenoxy) is 2. The van der Waals surface area contributed by atoms with E-state index < -0.39 is 5.97 Å². The third kappa shape index (κ3) is 9.56. The van der Waals surface area contributed by atoms with Gasteiger partial charge in [-0.05, 0) is 19.8 Å². The highest BCUT2D eigenvalue weighted by molar-refractivity contribution is 5.86. The van der Waals surface area contributed by atoms with Gasteiger partial charge in [-0.1, -0.05) is 13.0 Å². The third-order valence-corrected chi connectivity index (χ3v) is 1.97. The lowest BCUT2D eigenvalue weighted by molar-refractivity contribution is -0.150. The van der Waals surface area contributed by atoms with Gasteiger partial charge in [-0.3, -0.25) is 4.79 Å². The maximum atomic E-state index is 11.1. The second-order valence-corrected chi connectivity index (χ2v) is 3.67. The van der Waals surface area contributed by atoms with Crippen LogP contribution in [0.1, 0.15) is 32.6 Å². The Hall–Kier alpha value is -1.36. The van der Waals surface area contributed by atoms with Crippen molar-refractivity contribution in [3.8, 4) is 0 Å². The van der Waals surface area contributed by atoms with Crippen molar-refractivity contribution in [2.24, 2.45) is 0 Å². The molecule has 0 aromatic rings. The predicted molar refractivity (Wildman–Crippen MR) is 62.3 cm³/mol. The molecule has 0 fully saturated rings. The first-order chi connectivity index (χ1) is 8.07. The number of unbranched alkanes of at least 4 members (excludes halogenated alkanes) is 2. The van der Waals surface area contributed by atoms with Crippen molar-refractivity contribution in [1.82, 2.24) is 0 Å². The van der Waals surface area contributed by atoms with Gasteiger partial charge in [0.25, 0.3) is 0 Å². The maximum Gasteiger partial charge on any atom is 0.333 e. The highest BCUT2D eigenvalue weighted by Gasteiger charge is 2.05. The SMILES string of the molecule is C=C(C)C(=O)OCCOC(=O)CCCCCO. The summed E-state index contributed by atoms with van der Waals surface area (Å²) in [5.41, 5.74) is 0.320. The van der Waals surface area contributed by atoms with Gasteiger partial charge in [0.15, 0.2) is 0 Å². The summed E-state index contributed by atoms with van der Waals surface area (Å²) in [4.78, 5) is 22.1. The zero-order valence-electron chi connectivity index (χ0n) is 10.2. The van der Waals surface area contributed by atoms with Crippen molar-refractivity contribution >= 4 is 11.9 Å². The number of hydrogen-bond acceptors (Lipinski definition) is 5. The molecule has 0 radical (unpaired) electrons. The summed E-state index contributed by atoms with van der Waals surface area (Å²) < 4.78 is 9.59. The summed E-state index contributed by atoms with van der Waals surface area (Å²) in [6.45, 7) is 5.24. The molecule has 5 nitrogen and oxygen atoms in total. The third-order valence-electron chi connectivity index (χ3n) is 1.97. The van der Waals surface area contributed by atoms with Gasteiger partial charge in [0.1, 0.15) is 13.2 Å². The largest absolute Gasteiger partial charge is 0.462 e. The van der Waals surface area contributed by atoms with Crippen molar-refractivity contribution in [2.45, 2.75) is 32.6 Å². The molecule has 0 unspecified atom stereocenters. The lowest BCUT2D eigenvalue weighted by Crippen LogP contribution is -2.14. The number of aliphatic hydroxyl groups excluding tert-OH is 1. The first-order valence-electron chi connectivity index (χ1n) is 5.67. The van der Waals surface area contributed by atoms with Crippen molar-refractivity contribution < 1.29 is 24.2 Å². The molecule has 5 heteroatoms. The van der Waals surface area contributed by atoms with E-state index in [1.807, 2.05) is 0 Å². The fraction of sp³-hybridized carbons (Fsp3) is 0.667. The molecule has 1 N–H and O–H groups in total. The Balaban J connectivity index is 3.39. The average molecular weight is 244 g/mol. The molecule has 0 spiro atoms. The molecular formula is C12H20O5. The molecule has 0 heterocycles. The molecule has 0 saturated heterocycles. The fourth-order valence-electron chi connectivity index (χ4n) is 1.04. The Morgan fingerprint density at radius 2 is 1.76 bits per heavy atom. The number of aliphatic hydroxyl groups is 1. The van der Waals surface area contributed by atoms with Crippen LogP contribution in [0.2, 0.25) is 0 Å². The summed E-state index contributed by atoms with van der Waals surface area (Å²) in [5, 5.41) is 8.53. The topological polar surface area (TPSA) is 72.8 Å². The Morgan fingerprint density at radius 1 is 1.12 bits per heavy atom. The van der Waals surface area contributed by atoms with E-state index in [1.165, 1.54) is 0 Å². The molecule has 0 rings (SSSR count). The predicted octanol–water partition coefficient (Wildman–Crippen LogP) is 1.20. The van der Waals surface area contributed by atoms with Gasteiger partial charge < -0.3 is 14.6 Å². The minimum absolute atomic E-state index is 0.0497. The molecule has 0 bridgehead atoms. The standard InChI is InChI=1S/C12H20O5/c1-10(2)12(15)17-9-8-16-11(14)6-4-3-5-7-13/h13H,1,3-9H2,2H3. The first-order valence-corrected chi connectivity index (χ1v) is 5.67. The summed E-state index contributed by atoms with van der Waals surface area (Å²) in [7, 11) is 0. The van der Waals surface area contributed by atoms with Crippen molar-refractivity contribution in [1.29, 1.82) is 0 Å². The summed E-state index contributed by atoms with van der Waals surface area (Å²) >= 11 is 0. The van der Waals surface area contributed by atoms with E-state index in [0.29, 0.717) is 24.8 Å². The molecule has 0 saturated carbocycles. The van der Waals surface area contributed by atoms with Crippen LogP contribution in [0.25, 0.3) is 0 Å². The first kappa shape index (κ1) is 15.6. The minimum Gasteiger partial charge on any atom is -0.462 e. The van der Waals surface area contributed by atoms with Gasteiger partial charge in [-0.25, -0.2) is 4.79 Å². The van der Waals surface area contributed by atoms with Crippen LogP contribution >= 0.6 is 0 Å². The average Bonchev–Trinajstić information content (AvgIpc) is 2.29. The number of carbonyl (C=O) groups excluding carboxylic acids is 2. The van der Waals surface area contributed by atoms with Gasteiger partial charge in [-0.15, -0.1) is 0 Å². The Morgan fingerprint density at radius 3 is 2.35 bits per heavy atom. The van der Waals surface area contributed by atoms with Crippen molar-refractivity contribution in [2.75, 3.05) is 19.8 Å². The van der Waals surface area contributed by atoms with Crippen LogP contribution in [-0.2, 0) is 19.1 Å². The molecular weight excluding hydrogens is 224 g/mol. The molecule has 17 heavy (non-hydrogen) atoms. The van der Waals surface area contributed by atoms with Crippen LogP contribution in [0.3, 0.4) is 0 Å². The Labute approximate surface area is 101 Å². The number of rotatable bonds is 9. The maximum absolute atomic E-state index is 11.1. The van der Waals surface area contributed by atoms with Crippen LogP contribution in [-0.4, -0.2) is 36.9 Å². The van der Waals surface area contributed by atoms with Gasteiger partial charge in [0.05, 0.1) is 0 Å². The van der Waals surface area contributed by atoms with E-state index in [2.05, 4.69) is 6.58 Å². The molecule has 0 amide bonds. The summed E-state index contributed by atoms with van der Waals surface area (Å²) in [6, 6.07) is 0. The van der Waals surface area contributed by atoms with Crippen LogP contribution < -0.4 is 0 Å². The number of carbonyl (C=O) groups is 2. The minimum atomic E-state index is -0.482. The van der Waals surface area contributed by atoms with E-state index >= 15 is 0 Å². The van der Waals surface area contributed by atoms with Crippen molar-refractivity contribution in [3.63, 3.8) is 0 Å². The van der Waals surface area contributed by atoms with Gasteiger partial charge in [0, 0.05) is 18.6 Å².